The van der Waals surface area contributed by atoms with Crippen molar-refractivity contribution in [1.82, 2.24) is 4.57 Å². The molecule has 19 heavy (non-hydrogen) atoms. The van der Waals surface area contributed by atoms with Crippen molar-refractivity contribution in [3.63, 3.8) is 0 Å². The van der Waals surface area contributed by atoms with E-state index in [1.54, 1.807) is 7.05 Å². The minimum absolute atomic E-state index is 0.0897. The SMILES string of the molecule is Cn1ccc(C(=O)Nc2c(N)cccc2F)cc1=O. The zero-order valence-electron chi connectivity index (χ0n) is 10.2. The number of anilines is 2. The van der Waals surface area contributed by atoms with Crippen LogP contribution in [0.25, 0.3) is 0 Å². The first kappa shape index (κ1) is 12.8. The van der Waals surface area contributed by atoms with E-state index in [2.05, 4.69) is 5.32 Å². The first-order valence-electron chi connectivity index (χ1n) is 5.51. The summed E-state index contributed by atoms with van der Waals surface area (Å²) in [5.74, 6) is -1.22. The maximum Gasteiger partial charge on any atom is 0.256 e. The molecule has 1 aromatic carbocycles. The van der Waals surface area contributed by atoms with E-state index in [0.29, 0.717) is 0 Å². The Labute approximate surface area is 108 Å². The second-order valence-electron chi connectivity index (χ2n) is 4.02. The number of nitrogens with one attached hydrogen (secondary N) is 1. The highest BCUT2D eigenvalue weighted by atomic mass is 19.1. The molecular weight excluding hydrogens is 249 g/mol. The molecule has 0 fully saturated rings. The quantitative estimate of drug-likeness (QED) is 0.801. The molecule has 0 unspecified atom stereocenters. The lowest BCUT2D eigenvalue weighted by Crippen LogP contribution is -2.20. The Morgan fingerprint density at radius 1 is 1.37 bits per heavy atom. The molecule has 0 aliphatic carbocycles. The zero-order chi connectivity index (χ0) is 14.0. The van der Waals surface area contributed by atoms with Gasteiger partial charge in [-0.05, 0) is 18.2 Å². The van der Waals surface area contributed by atoms with Crippen LogP contribution in [0.15, 0.2) is 41.3 Å². The number of benzene rings is 1. The Balaban J connectivity index is 2.31. The van der Waals surface area contributed by atoms with Gasteiger partial charge in [-0.3, -0.25) is 9.59 Å². The number of hydrogen-bond donors (Lipinski definition) is 2. The van der Waals surface area contributed by atoms with E-state index >= 15 is 0 Å². The van der Waals surface area contributed by atoms with Crippen LogP contribution in [0.4, 0.5) is 15.8 Å². The van der Waals surface area contributed by atoms with Crippen molar-refractivity contribution < 1.29 is 9.18 Å². The van der Waals surface area contributed by atoms with Crippen LogP contribution in [-0.4, -0.2) is 10.5 Å². The van der Waals surface area contributed by atoms with Crippen molar-refractivity contribution in [2.24, 2.45) is 7.05 Å². The van der Waals surface area contributed by atoms with Gasteiger partial charge >= 0.3 is 0 Å². The molecule has 0 saturated carbocycles. The minimum atomic E-state index is -0.628. The van der Waals surface area contributed by atoms with E-state index in [4.69, 9.17) is 5.73 Å². The molecule has 0 saturated heterocycles. The highest BCUT2D eigenvalue weighted by molar-refractivity contribution is 6.05. The third kappa shape index (κ3) is 2.62. The standard InChI is InChI=1S/C13H12FN3O2/c1-17-6-5-8(7-11(17)18)13(19)16-12-9(14)3-2-4-10(12)15/h2-7H,15H2,1H3,(H,16,19). The fourth-order valence-electron chi connectivity index (χ4n) is 1.55. The number of nitrogen functional groups attached to an aromatic ring is 1. The number of amides is 1. The molecule has 1 heterocycles. The minimum Gasteiger partial charge on any atom is -0.397 e. The number of nitrogens with zero attached hydrogens (tertiary/aromatic N) is 1. The fraction of sp³-hybridized carbons (Fsp3) is 0.0769. The van der Waals surface area contributed by atoms with Gasteiger partial charge in [0.2, 0.25) is 0 Å². The average molecular weight is 261 g/mol. The van der Waals surface area contributed by atoms with Crippen molar-refractivity contribution in [3.05, 3.63) is 58.3 Å². The Bertz CT molecular complexity index is 674. The molecule has 2 aromatic rings. The van der Waals surface area contributed by atoms with Crippen LogP contribution < -0.4 is 16.6 Å². The number of rotatable bonds is 2. The number of para-hydroxylation sites is 1. The molecule has 98 valence electrons. The van der Waals surface area contributed by atoms with Crippen LogP contribution in [0.5, 0.6) is 0 Å². The molecule has 0 atom stereocenters. The summed E-state index contributed by atoms with van der Waals surface area (Å²) in [6, 6.07) is 6.75. The van der Waals surface area contributed by atoms with Gasteiger partial charge in [0, 0.05) is 24.9 Å². The number of halogens is 1. The predicted molar refractivity (Wildman–Crippen MR) is 70.4 cm³/mol. The molecule has 0 aliphatic rings. The molecule has 1 amide bonds. The molecule has 6 heteroatoms. The summed E-state index contributed by atoms with van der Waals surface area (Å²) >= 11 is 0. The van der Waals surface area contributed by atoms with Crippen molar-refractivity contribution in [1.29, 1.82) is 0 Å². The van der Waals surface area contributed by atoms with Crippen LogP contribution in [0.3, 0.4) is 0 Å². The van der Waals surface area contributed by atoms with Gasteiger partial charge in [0.05, 0.1) is 5.69 Å². The van der Waals surface area contributed by atoms with Crippen LogP contribution in [0, 0.1) is 5.82 Å². The summed E-state index contributed by atoms with van der Waals surface area (Å²) in [6.07, 6.45) is 1.46. The van der Waals surface area contributed by atoms with E-state index in [1.165, 1.54) is 41.1 Å². The van der Waals surface area contributed by atoms with Crippen molar-refractivity contribution in [2.45, 2.75) is 0 Å². The highest BCUT2D eigenvalue weighted by Gasteiger charge is 2.12. The molecule has 5 nitrogen and oxygen atoms in total. The van der Waals surface area contributed by atoms with Crippen LogP contribution in [0.1, 0.15) is 10.4 Å². The molecule has 0 radical (unpaired) electrons. The van der Waals surface area contributed by atoms with Crippen LogP contribution in [-0.2, 0) is 7.05 Å². The normalized spacial score (nSPS) is 10.2. The Hall–Kier alpha value is -2.63. The molecule has 2 rings (SSSR count). The predicted octanol–water partition coefficient (Wildman–Crippen LogP) is 1.36. The molecule has 0 aliphatic heterocycles. The lowest BCUT2D eigenvalue weighted by Gasteiger charge is -2.09. The van der Waals surface area contributed by atoms with Gasteiger partial charge in [0.25, 0.3) is 11.5 Å². The lowest BCUT2D eigenvalue weighted by atomic mass is 10.2. The van der Waals surface area contributed by atoms with Gasteiger partial charge in [-0.25, -0.2) is 4.39 Å². The topological polar surface area (TPSA) is 77.1 Å². The van der Waals surface area contributed by atoms with E-state index in [9.17, 15) is 14.0 Å². The summed E-state index contributed by atoms with van der Waals surface area (Å²) in [5.41, 5.74) is 5.43. The van der Waals surface area contributed by atoms with E-state index in [1.807, 2.05) is 0 Å². The van der Waals surface area contributed by atoms with Crippen molar-refractivity contribution in [2.75, 3.05) is 11.1 Å². The zero-order valence-corrected chi connectivity index (χ0v) is 10.2. The smallest absolute Gasteiger partial charge is 0.256 e. The monoisotopic (exact) mass is 261 g/mol. The molecule has 0 spiro atoms. The van der Waals surface area contributed by atoms with E-state index in [0.717, 1.165) is 0 Å². The second kappa shape index (κ2) is 4.93. The van der Waals surface area contributed by atoms with Gasteiger partial charge < -0.3 is 15.6 Å². The fourth-order valence-corrected chi connectivity index (χ4v) is 1.55. The van der Waals surface area contributed by atoms with Crippen LogP contribution >= 0.6 is 0 Å². The molecule has 1 aromatic heterocycles. The first-order chi connectivity index (χ1) is 8.99. The Morgan fingerprint density at radius 2 is 2.11 bits per heavy atom. The summed E-state index contributed by atoms with van der Waals surface area (Å²) in [5, 5.41) is 2.35. The van der Waals surface area contributed by atoms with Gasteiger partial charge in [0.15, 0.2) is 0 Å². The molecular formula is C13H12FN3O2. The number of carbonyl (C=O) groups is 1. The largest absolute Gasteiger partial charge is 0.397 e. The third-order valence-electron chi connectivity index (χ3n) is 2.65. The van der Waals surface area contributed by atoms with Crippen molar-refractivity contribution in [3.8, 4) is 0 Å². The third-order valence-corrected chi connectivity index (χ3v) is 2.65. The molecule has 0 bridgehead atoms. The van der Waals surface area contributed by atoms with Gasteiger partial charge in [-0.15, -0.1) is 0 Å². The number of pyridine rings is 1. The summed E-state index contributed by atoms with van der Waals surface area (Å²) in [4.78, 5) is 23.3. The lowest BCUT2D eigenvalue weighted by molar-refractivity contribution is 0.102. The van der Waals surface area contributed by atoms with Gasteiger partial charge in [-0.1, -0.05) is 6.07 Å². The number of carbonyl (C=O) groups excluding carboxylic acids is 1. The maximum atomic E-state index is 13.5. The Kier molecular flexibility index (Phi) is 3.33. The molecule has 3 N–H and O–H groups in total. The summed E-state index contributed by atoms with van der Waals surface area (Å²) < 4.78 is 14.8. The van der Waals surface area contributed by atoms with Crippen LogP contribution in [0.2, 0.25) is 0 Å². The first-order valence-corrected chi connectivity index (χ1v) is 5.51. The summed E-state index contributed by atoms with van der Waals surface area (Å²) in [7, 11) is 1.57. The van der Waals surface area contributed by atoms with E-state index in [-0.39, 0.29) is 22.5 Å². The van der Waals surface area contributed by atoms with Crippen molar-refractivity contribution >= 4 is 17.3 Å². The summed E-state index contributed by atoms with van der Waals surface area (Å²) in [6.45, 7) is 0. The average Bonchev–Trinajstić information content (AvgIpc) is 2.37. The number of aryl methyl sites for hydroxylation is 1. The second-order valence-corrected chi connectivity index (χ2v) is 4.02. The number of aromatic nitrogens is 1. The van der Waals surface area contributed by atoms with Gasteiger partial charge in [0.1, 0.15) is 11.5 Å². The Morgan fingerprint density at radius 3 is 2.74 bits per heavy atom. The van der Waals surface area contributed by atoms with E-state index < -0.39 is 11.7 Å². The highest BCUT2D eigenvalue weighted by Crippen LogP contribution is 2.22. The maximum absolute atomic E-state index is 13.5. The number of nitrogens with two attached hydrogens (primary N) is 1. The van der Waals surface area contributed by atoms with Gasteiger partial charge in [-0.2, -0.15) is 0 Å². The number of hydrogen-bond acceptors (Lipinski definition) is 3.